The Hall–Kier alpha value is -1.91. The summed E-state index contributed by atoms with van der Waals surface area (Å²) in [6, 6.07) is 7.90. The number of nitriles is 1. The monoisotopic (exact) mass is 294 g/mol. The molecule has 1 aliphatic heterocycles. The topological polar surface area (TPSA) is 98.5 Å². The maximum atomic E-state index is 12.5. The second-order valence-electron chi connectivity index (χ2n) is 4.62. The molecule has 0 unspecified atom stereocenters. The third kappa shape index (κ3) is 2.66. The van der Waals surface area contributed by atoms with E-state index in [2.05, 4.69) is 0 Å². The van der Waals surface area contributed by atoms with Crippen molar-refractivity contribution >= 4 is 16.0 Å². The number of carboxylic acids is 1. The first-order chi connectivity index (χ1) is 9.46. The highest BCUT2D eigenvalue weighted by Gasteiger charge is 2.33. The predicted octanol–water partition coefficient (Wildman–Crippen LogP) is 1.04. The van der Waals surface area contributed by atoms with Crippen molar-refractivity contribution in [3.8, 4) is 6.07 Å². The van der Waals surface area contributed by atoms with Gasteiger partial charge in [0.25, 0.3) is 0 Å². The normalized spacial score (nSPS) is 17.6. The zero-order chi connectivity index (χ0) is 14.8. The molecule has 0 amide bonds. The van der Waals surface area contributed by atoms with Gasteiger partial charge in [-0.2, -0.15) is 9.57 Å². The first kappa shape index (κ1) is 14.5. The van der Waals surface area contributed by atoms with Gasteiger partial charge in [-0.3, -0.25) is 4.79 Å². The summed E-state index contributed by atoms with van der Waals surface area (Å²) in [4.78, 5) is 10.9. The largest absolute Gasteiger partial charge is 0.481 e. The van der Waals surface area contributed by atoms with Gasteiger partial charge in [-0.25, -0.2) is 8.42 Å². The molecule has 0 saturated carbocycles. The van der Waals surface area contributed by atoms with Gasteiger partial charge in [-0.15, -0.1) is 0 Å². The van der Waals surface area contributed by atoms with E-state index in [1.807, 2.05) is 6.07 Å². The molecular formula is C13H14N2O4S. The van der Waals surface area contributed by atoms with Gasteiger partial charge in [0.1, 0.15) is 6.07 Å². The highest BCUT2D eigenvalue weighted by Crippen LogP contribution is 2.25. The molecule has 20 heavy (non-hydrogen) atoms. The predicted molar refractivity (Wildman–Crippen MR) is 70.3 cm³/mol. The molecule has 1 heterocycles. The molecule has 0 aromatic heterocycles. The summed E-state index contributed by atoms with van der Waals surface area (Å²) in [6.45, 7) is 0.331. The van der Waals surface area contributed by atoms with Gasteiger partial charge < -0.3 is 5.11 Å². The van der Waals surface area contributed by atoms with Crippen molar-refractivity contribution in [2.24, 2.45) is 5.92 Å². The number of hydrogen-bond acceptors (Lipinski definition) is 4. The summed E-state index contributed by atoms with van der Waals surface area (Å²) in [6.07, 6.45) is 0.590. The van der Waals surface area contributed by atoms with Crippen LogP contribution in [0.25, 0.3) is 0 Å². The van der Waals surface area contributed by atoms with E-state index < -0.39 is 21.9 Å². The van der Waals surface area contributed by atoms with Crippen molar-refractivity contribution < 1.29 is 18.3 Å². The van der Waals surface area contributed by atoms with Gasteiger partial charge in [0.15, 0.2) is 0 Å². The smallest absolute Gasteiger partial charge is 0.306 e. The molecule has 1 saturated heterocycles. The number of sulfonamides is 1. The maximum Gasteiger partial charge on any atom is 0.306 e. The Labute approximate surface area is 117 Å². The van der Waals surface area contributed by atoms with Gasteiger partial charge in [-0.05, 0) is 25.0 Å². The van der Waals surface area contributed by atoms with Crippen LogP contribution in [-0.4, -0.2) is 36.9 Å². The number of hydrogen-bond donors (Lipinski definition) is 1. The van der Waals surface area contributed by atoms with Gasteiger partial charge >= 0.3 is 5.97 Å². The second-order valence-corrected chi connectivity index (χ2v) is 6.53. The molecule has 1 N–H and O–H groups in total. The summed E-state index contributed by atoms with van der Waals surface area (Å²) >= 11 is 0. The van der Waals surface area contributed by atoms with Crippen molar-refractivity contribution in [1.29, 1.82) is 5.26 Å². The molecule has 1 aromatic carbocycles. The molecule has 0 atom stereocenters. The van der Waals surface area contributed by atoms with Crippen molar-refractivity contribution in [3.63, 3.8) is 0 Å². The molecule has 6 nitrogen and oxygen atoms in total. The van der Waals surface area contributed by atoms with E-state index in [0.29, 0.717) is 12.8 Å². The third-order valence-corrected chi connectivity index (χ3v) is 5.39. The summed E-state index contributed by atoms with van der Waals surface area (Å²) in [5, 5.41) is 17.9. The van der Waals surface area contributed by atoms with E-state index >= 15 is 0 Å². The highest BCUT2D eigenvalue weighted by molar-refractivity contribution is 7.89. The van der Waals surface area contributed by atoms with Crippen LogP contribution in [0.1, 0.15) is 18.4 Å². The highest BCUT2D eigenvalue weighted by atomic mass is 32.2. The lowest BCUT2D eigenvalue weighted by molar-refractivity contribution is -0.142. The number of piperidine rings is 1. The number of rotatable bonds is 3. The molecule has 7 heteroatoms. The van der Waals surface area contributed by atoms with Crippen molar-refractivity contribution in [2.45, 2.75) is 17.7 Å². The van der Waals surface area contributed by atoms with Gasteiger partial charge in [-0.1, -0.05) is 12.1 Å². The van der Waals surface area contributed by atoms with E-state index in [-0.39, 0.29) is 23.5 Å². The first-order valence-corrected chi connectivity index (χ1v) is 7.63. The fraction of sp³-hybridized carbons (Fsp3) is 0.385. The number of aliphatic carboxylic acids is 1. The second kappa shape index (κ2) is 5.61. The summed E-state index contributed by atoms with van der Waals surface area (Å²) in [5.41, 5.74) is 0.104. The van der Waals surface area contributed by atoms with Crippen LogP contribution in [-0.2, 0) is 14.8 Å². The van der Waals surface area contributed by atoms with Crippen molar-refractivity contribution in [1.82, 2.24) is 4.31 Å². The van der Waals surface area contributed by atoms with Crippen LogP contribution in [0.5, 0.6) is 0 Å². The summed E-state index contributed by atoms with van der Waals surface area (Å²) in [5.74, 6) is -1.38. The molecule has 106 valence electrons. The Kier molecular flexibility index (Phi) is 4.06. The molecule has 0 spiro atoms. The molecule has 0 aliphatic carbocycles. The number of benzene rings is 1. The van der Waals surface area contributed by atoms with Crippen LogP contribution in [0.4, 0.5) is 0 Å². The van der Waals surface area contributed by atoms with Crippen molar-refractivity contribution in [3.05, 3.63) is 29.8 Å². The molecule has 1 fully saturated rings. The van der Waals surface area contributed by atoms with E-state index in [1.165, 1.54) is 16.4 Å². The number of carboxylic acid groups (broad SMARTS) is 1. The molecule has 0 bridgehead atoms. The Morgan fingerprint density at radius 3 is 2.45 bits per heavy atom. The minimum absolute atomic E-state index is 0.0173. The van der Waals surface area contributed by atoms with Crippen LogP contribution in [0.15, 0.2) is 29.2 Å². The Morgan fingerprint density at radius 2 is 1.90 bits per heavy atom. The fourth-order valence-electron chi connectivity index (χ4n) is 2.27. The molecule has 2 rings (SSSR count). The van der Waals surface area contributed by atoms with Gasteiger partial charge in [0.05, 0.1) is 16.4 Å². The Bertz CT molecular complexity index is 655. The van der Waals surface area contributed by atoms with Crippen LogP contribution in [0, 0.1) is 17.2 Å². The standard InChI is InChI=1S/C13H14N2O4S/c14-9-11-3-1-2-4-12(11)20(18,19)15-7-5-10(6-8-15)13(16)17/h1-4,10H,5-8H2,(H,16,17). The Morgan fingerprint density at radius 1 is 1.30 bits per heavy atom. The average molecular weight is 294 g/mol. The SMILES string of the molecule is N#Cc1ccccc1S(=O)(=O)N1CCC(C(=O)O)CC1. The quantitative estimate of drug-likeness (QED) is 0.898. The van der Waals surface area contributed by atoms with E-state index in [9.17, 15) is 13.2 Å². The minimum atomic E-state index is -3.74. The minimum Gasteiger partial charge on any atom is -0.481 e. The van der Waals surface area contributed by atoms with E-state index in [0.717, 1.165) is 0 Å². The molecular weight excluding hydrogens is 280 g/mol. The van der Waals surface area contributed by atoms with Crippen molar-refractivity contribution in [2.75, 3.05) is 13.1 Å². The average Bonchev–Trinajstić information content (AvgIpc) is 2.47. The van der Waals surface area contributed by atoms with Crippen LogP contribution < -0.4 is 0 Å². The summed E-state index contributed by atoms with van der Waals surface area (Å²) < 4.78 is 26.2. The lowest BCUT2D eigenvalue weighted by Crippen LogP contribution is -2.40. The zero-order valence-electron chi connectivity index (χ0n) is 10.7. The van der Waals surface area contributed by atoms with Crippen LogP contribution in [0.2, 0.25) is 0 Å². The van der Waals surface area contributed by atoms with E-state index in [4.69, 9.17) is 10.4 Å². The zero-order valence-corrected chi connectivity index (χ0v) is 11.5. The fourth-order valence-corrected chi connectivity index (χ4v) is 3.88. The number of carbonyl (C=O) groups is 1. The lowest BCUT2D eigenvalue weighted by atomic mass is 9.99. The number of nitrogens with zero attached hydrogens (tertiary/aromatic N) is 2. The van der Waals surface area contributed by atoms with Gasteiger partial charge in [0, 0.05) is 13.1 Å². The molecule has 0 radical (unpaired) electrons. The first-order valence-electron chi connectivity index (χ1n) is 6.19. The lowest BCUT2D eigenvalue weighted by Gasteiger charge is -2.29. The third-order valence-electron chi connectivity index (χ3n) is 3.43. The summed E-state index contributed by atoms with van der Waals surface area (Å²) in [7, 11) is -3.74. The van der Waals surface area contributed by atoms with Crippen LogP contribution >= 0.6 is 0 Å². The van der Waals surface area contributed by atoms with E-state index in [1.54, 1.807) is 12.1 Å². The van der Waals surface area contributed by atoms with Crippen LogP contribution in [0.3, 0.4) is 0 Å². The Balaban J connectivity index is 2.25. The maximum absolute atomic E-state index is 12.5. The molecule has 1 aromatic rings. The molecule has 1 aliphatic rings. The van der Waals surface area contributed by atoms with Gasteiger partial charge in [0.2, 0.25) is 10.0 Å².